The van der Waals surface area contributed by atoms with E-state index in [2.05, 4.69) is 5.32 Å². The summed E-state index contributed by atoms with van der Waals surface area (Å²) >= 11 is 0. The molecule has 5 heteroatoms. The van der Waals surface area contributed by atoms with Gasteiger partial charge in [0.1, 0.15) is 0 Å². The number of carbonyl (C=O) groups is 2. The van der Waals surface area contributed by atoms with Gasteiger partial charge >= 0.3 is 5.97 Å². The lowest BCUT2D eigenvalue weighted by Crippen LogP contribution is -2.55. The molecular formula is C14H24N2O3. The fourth-order valence-corrected chi connectivity index (χ4v) is 3.50. The molecule has 2 saturated carbocycles. The number of nitrogens with one attached hydrogen (secondary N) is 1. The van der Waals surface area contributed by atoms with Gasteiger partial charge in [0.25, 0.3) is 0 Å². The average Bonchev–Trinajstić information content (AvgIpc) is 2.86. The molecule has 0 radical (unpaired) electrons. The highest BCUT2D eigenvalue weighted by molar-refractivity contribution is 5.83. The van der Waals surface area contributed by atoms with Gasteiger partial charge in [-0.2, -0.15) is 0 Å². The Morgan fingerprint density at radius 1 is 1.26 bits per heavy atom. The third kappa shape index (κ3) is 2.61. The fourth-order valence-electron chi connectivity index (χ4n) is 3.50. The molecular weight excluding hydrogens is 244 g/mol. The number of carbonyl (C=O) groups excluding carboxylic acids is 1. The van der Waals surface area contributed by atoms with Gasteiger partial charge in [-0.25, -0.2) is 0 Å². The number of rotatable bonds is 3. The largest absolute Gasteiger partial charge is 0.481 e. The van der Waals surface area contributed by atoms with Gasteiger partial charge in [-0.3, -0.25) is 9.59 Å². The van der Waals surface area contributed by atoms with Crippen LogP contribution in [0.1, 0.15) is 40.0 Å². The molecule has 5 nitrogen and oxygen atoms in total. The van der Waals surface area contributed by atoms with Crippen molar-refractivity contribution < 1.29 is 14.7 Å². The number of nitrogens with two attached hydrogens (primary N) is 1. The first-order valence-corrected chi connectivity index (χ1v) is 7.00. The van der Waals surface area contributed by atoms with Crippen molar-refractivity contribution in [3.05, 3.63) is 0 Å². The number of carboxylic acids is 1. The molecule has 0 aromatic rings. The number of hydrogen-bond donors (Lipinski definition) is 3. The highest BCUT2D eigenvalue weighted by Gasteiger charge is 2.52. The van der Waals surface area contributed by atoms with Crippen LogP contribution in [0.5, 0.6) is 0 Å². The summed E-state index contributed by atoms with van der Waals surface area (Å²) in [5.74, 6) is -0.922. The van der Waals surface area contributed by atoms with Gasteiger partial charge in [0.05, 0.1) is 12.0 Å². The molecule has 1 amide bonds. The molecule has 2 aliphatic carbocycles. The molecule has 0 spiro atoms. The first kappa shape index (κ1) is 14.3. The zero-order valence-electron chi connectivity index (χ0n) is 11.8. The number of amides is 1. The summed E-state index contributed by atoms with van der Waals surface area (Å²) in [5, 5.41) is 12.2. The Morgan fingerprint density at radius 3 is 2.37 bits per heavy atom. The zero-order valence-corrected chi connectivity index (χ0v) is 11.8. The quantitative estimate of drug-likeness (QED) is 0.711. The molecule has 0 aromatic heterocycles. The Labute approximate surface area is 113 Å². The van der Waals surface area contributed by atoms with Crippen LogP contribution in [0, 0.1) is 23.2 Å². The zero-order chi connectivity index (χ0) is 14.4. The van der Waals surface area contributed by atoms with Gasteiger partial charge in [-0.15, -0.1) is 0 Å². The Bertz CT molecular complexity index is 389. The van der Waals surface area contributed by atoms with Gasteiger partial charge in [0.2, 0.25) is 5.91 Å². The van der Waals surface area contributed by atoms with E-state index >= 15 is 0 Å². The second-order valence-electron chi connectivity index (χ2n) is 7.08. The summed E-state index contributed by atoms with van der Waals surface area (Å²) in [5.41, 5.74) is 5.61. The topological polar surface area (TPSA) is 92.4 Å². The number of carboxylic acid groups (broad SMARTS) is 1. The first-order chi connectivity index (χ1) is 8.71. The van der Waals surface area contributed by atoms with Crippen LogP contribution in [-0.4, -0.2) is 29.1 Å². The van der Waals surface area contributed by atoms with E-state index in [1.165, 1.54) is 0 Å². The Balaban J connectivity index is 2.06. The van der Waals surface area contributed by atoms with Crippen molar-refractivity contribution >= 4 is 11.9 Å². The van der Waals surface area contributed by atoms with Crippen molar-refractivity contribution in [1.82, 2.24) is 5.32 Å². The van der Waals surface area contributed by atoms with Crippen molar-refractivity contribution in [2.45, 2.75) is 52.1 Å². The van der Waals surface area contributed by atoms with E-state index in [4.69, 9.17) is 5.73 Å². The summed E-state index contributed by atoms with van der Waals surface area (Å²) in [6.45, 7) is 5.73. The minimum atomic E-state index is -0.790. The predicted octanol–water partition coefficient (Wildman–Crippen LogP) is 0.975. The lowest BCUT2D eigenvalue weighted by atomic mass is 9.83. The van der Waals surface area contributed by atoms with E-state index in [0.717, 1.165) is 19.3 Å². The molecule has 5 atom stereocenters. The number of fused-ring (bicyclic) bond motifs is 2. The number of hydrogen-bond acceptors (Lipinski definition) is 3. The highest BCUT2D eigenvalue weighted by Crippen LogP contribution is 2.48. The van der Waals surface area contributed by atoms with Gasteiger partial charge < -0.3 is 16.2 Å². The van der Waals surface area contributed by atoms with Gasteiger partial charge in [0, 0.05) is 6.04 Å². The fraction of sp³-hybridized carbons (Fsp3) is 0.857. The Hall–Kier alpha value is -1.10. The molecule has 19 heavy (non-hydrogen) atoms. The molecule has 2 fully saturated rings. The SMILES string of the molecule is CC(C)(C)[C@@H](N)C(=O)NC1C2CCC(C2)C1C(=O)O. The maximum Gasteiger partial charge on any atom is 0.308 e. The summed E-state index contributed by atoms with van der Waals surface area (Å²) in [6.07, 6.45) is 2.91. The third-order valence-corrected chi connectivity index (χ3v) is 4.73. The summed E-state index contributed by atoms with van der Waals surface area (Å²) in [6, 6.07) is -0.849. The molecule has 2 bridgehead atoms. The Kier molecular flexibility index (Phi) is 3.60. The van der Waals surface area contributed by atoms with Gasteiger partial charge in [-0.1, -0.05) is 20.8 Å². The lowest BCUT2D eigenvalue weighted by Gasteiger charge is -2.32. The minimum absolute atomic E-state index is 0.221. The predicted molar refractivity (Wildman–Crippen MR) is 71.3 cm³/mol. The van der Waals surface area contributed by atoms with Crippen LogP contribution >= 0.6 is 0 Å². The van der Waals surface area contributed by atoms with Crippen LogP contribution in [-0.2, 0) is 9.59 Å². The van der Waals surface area contributed by atoms with Crippen LogP contribution in [0.4, 0.5) is 0 Å². The molecule has 108 valence electrons. The maximum atomic E-state index is 12.2. The number of aliphatic carboxylic acids is 1. The molecule has 2 aliphatic rings. The van der Waals surface area contributed by atoms with Crippen molar-refractivity contribution in [2.75, 3.05) is 0 Å². The van der Waals surface area contributed by atoms with E-state index in [-0.39, 0.29) is 23.3 Å². The highest BCUT2D eigenvalue weighted by atomic mass is 16.4. The van der Waals surface area contributed by atoms with E-state index in [1.807, 2.05) is 20.8 Å². The molecule has 0 saturated heterocycles. The molecule has 4 unspecified atom stereocenters. The van der Waals surface area contributed by atoms with Crippen molar-refractivity contribution in [2.24, 2.45) is 28.9 Å². The second kappa shape index (κ2) is 4.78. The van der Waals surface area contributed by atoms with Crippen LogP contribution in [0.15, 0.2) is 0 Å². The smallest absolute Gasteiger partial charge is 0.308 e. The van der Waals surface area contributed by atoms with Crippen molar-refractivity contribution in [1.29, 1.82) is 0 Å². The second-order valence-corrected chi connectivity index (χ2v) is 7.08. The van der Waals surface area contributed by atoms with Gasteiger partial charge in [0.15, 0.2) is 0 Å². The summed E-state index contributed by atoms with van der Waals surface area (Å²) < 4.78 is 0. The summed E-state index contributed by atoms with van der Waals surface area (Å²) in [4.78, 5) is 23.5. The van der Waals surface area contributed by atoms with Crippen molar-refractivity contribution in [3.8, 4) is 0 Å². The van der Waals surface area contributed by atoms with E-state index in [0.29, 0.717) is 5.92 Å². The molecule has 4 N–H and O–H groups in total. The molecule has 0 aliphatic heterocycles. The standard InChI is InChI=1S/C14H24N2O3/c1-14(2,3)11(15)12(17)16-10-8-5-4-7(6-8)9(10)13(18)19/h7-11H,4-6,15H2,1-3H3,(H,16,17)(H,18,19)/t7?,8?,9?,10?,11-/m0/s1. The normalized spacial score (nSPS) is 35.2. The van der Waals surface area contributed by atoms with Crippen LogP contribution in [0.3, 0.4) is 0 Å². The van der Waals surface area contributed by atoms with E-state index in [9.17, 15) is 14.7 Å². The maximum absolute atomic E-state index is 12.2. The molecule has 0 aromatic carbocycles. The Morgan fingerprint density at radius 2 is 1.84 bits per heavy atom. The van der Waals surface area contributed by atoms with Crippen LogP contribution < -0.4 is 11.1 Å². The first-order valence-electron chi connectivity index (χ1n) is 7.00. The monoisotopic (exact) mass is 268 g/mol. The molecule has 2 rings (SSSR count). The van der Waals surface area contributed by atoms with E-state index < -0.39 is 17.9 Å². The summed E-state index contributed by atoms with van der Waals surface area (Å²) in [7, 11) is 0. The van der Waals surface area contributed by atoms with E-state index in [1.54, 1.807) is 0 Å². The molecule has 0 heterocycles. The minimum Gasteiger partial charge on any atom is -0.481 e. The third-order valence-electron chi connectivity index (χ3n) is 4.73. The average molecular weight is 268 g/mol. The van der Waals surface area contributed by atoms with Gasteiger partial charge in [-0.05, 0) is 36.5 Å². The van der Waals surface area contributed by atoms with Crippen molar-refractivity contribution in [3.63, 3.8) is 0 Å². The lowest BCUT2D eigenvalue weighted by molar-refractivity contribution is -0.144. The van der Waals surface area contributed by atoms with Crippen LogP contribution in [0.25, 0.3) is 0 Å². The van der Waals surface area contributed by atoms with Crippen LogP contribution in [0.2, 0.25) is 0 Å².